The Morgan fingerprint density at radius 2 is 1.76 bits per heavy atom. The van der Waals surface area contributed by atoms with Crippen molar-refractivity contribution in [2.75, 3.05) is 19.7 Å². The lowest BCUT2D eigenvalue weighted by Crippen LogP contribution is -2.39. The van der Waals surface area contributed by atoms with E-state index in [1.165, 1.54) is 23.4 Å². The summed E-state index contributed by atoms with van der Waals surface area (Å²) in [6.45, 7) is 4.52. The van der Waals surface area contributed by atoms with Crippen molar-refractivity contribution in [3.05, 3.63) is 71.3 Å². The Hall–Kier alpha value is -1.85. The van der Waals surface area contributed by atoms with Gasteiger partial charge in [0.2, 0.25) is 10.0 Å². The van der Waals surface area contributed by atoms with E-state index >= 15 is 0 Å². The Labute approximate surface area is 207 Å². The molecule has 1 aliphatic rings. The molecule has 9 heteroatoms. The summed E-state index contributed by atoms with van der Waals surface area (Å²) in [5, 5.41) is 0. The topological polar surface area (TPSA) is 63.7 Å². The van der Waals surface area contributed by atoms with Crippen molar-refractivity contribution in [1.82, 2.24) is 4.31 Å². The second-order valence-electron chi connectivity index (χ2n) is 8.41. The number of rotatable bonds is 7. The first-order valence-electron chi connectivity index (χ1n) is 10.5. The van der Waals surface area contributed by atoms with Gasteiger partial charge in [-0.05, 0) is 59.7 Å². The molecule has 0 amide bonds. The number of carbonyl (C=O) groups is 1. The van der Waals surface area contributed by atoms with E-state index < -0.39 is 33.8 Å². The van der Waals surface area contributed by atoms with E-state index in [0.717, 1.165) is 11.1 Å². The van der Waals surface area contributed by atoms with Gasteiger partial charge in [0.15, 0.2) is 0 Å². The zero-order valence-corrected chi connectivity index (χ0v) is 21.6. The number of carbonyl (C=O) groups excluding carboxylic acids is 1. The quantitative estimate of drug-likeness (QED) is 0.319. The van der Waals surface area contributed by atoms with E-state index in [1.807, 2.05) is 37.3 Å². The molecular formula is C24H26F2INO4S. The van der Waals surface area contributed by atoms with Gasteiger partial charge in [-0.25, -0.2) is 13.2 Å². The molecule has 1 fully saturated rings. The number of esters is 1. The van der Waals surface area contributed by atoms with Gasteiger partial charge in [-0.15, -0.1) is 0 Å². The Morgan fingerprint density at radius 1 is 1.15 bits per heavy atom. The van der Waals surface area contributed by atoms with Crippen LogP contribution in [0.3, 0.4) is 0 Å². The molecule has 0 radical (unpaired) electrons. The molecule has 0 bridgehead atoms. The zero-order chi connectivity index (χ0) is 24.4. The minimum absolute atomic E-state index is 0.0429. The van der Waals surface area contributed by atoms with Gasteiger partial charge in [0, 0.05) is 28.5 Å². The minimum atomic E-state index is -3.93. The fourth-order valence-electron chi connectivity index (χ4n) is 3.99. The van der Waals surface area contributed by atoms with Crippen molar-refractivity contribution in [2.24, 2.45) is 5.41 Å². The number of benzene rings is 2. The molecule has 1 unspecified atom stereocenters. The highest BCUT2D eigenvalue weighted by atomic mass is 127. The first-order valence-corrected chi connectivity index (χ1v) is 13.0. The first-order chi connectivity index (χ1) is 15.4. The number of sulfonamides is 1. The number of nitrogens with zero attached hydrogens (tertiary/aromatic N) is 1. The van der Waals surface area contributed by atoms with E-state index in [9.17, 15) is 22.0 Å². The maximum atomic E-state index is 14.9. The average Bonchev–Trinajstić information content (AvgIpc) is 3.11. The van der Waals surface area contributed by atoms with Crippen LogP contribution in [0.2, 0.25) is 0 Å². The maximum Gasteiger partial charge on any atom is 0.376 e. The van der Waals surface area contributed by atoms with Crippen molar-refractivity contribution in [2.45, 2.75) is 38.0 Å². The maximum absolute atomic E-state index is 14.9. The molecule has 1 atom stereocenters. The number of ether oxygens (including phenoxy) is 1. The summed E-state index contributed by atoms with van der Waals surface area (Å²) in [5.74, 6) is -5.35. The van der Waals surface area contributed by atoms with Gasteiger partial charge in [0.25, 0.3) is 0 Å². The molecule has 33 heavy (non-hydrogen) atoms. The van der Waals surface area contributed by atoms with Crippen LogP contribution in [0.1, 0.15) is 31.4 Å². The largest absolute Gasteiger partial charge is 0.462 e. The zero-order valence-electron chi connectivity index (χ0n) is 18.6. The lowest BCUT2D eigenvalue weighted by atomic mass is 9.78. The smallest absolute Gasteiger partial charge is 0.376 e. The van der Waals surface area contributed by atoms with E-state index in [4.69, 9.17) is 0 Å². The van der Waals surface area contributed by atoms with Crippen LogP contribution >= 0.6 is 22.6 Å². The van der Waals surface area contributed by atoms with E-state index in [-0.39, 0.29) is 24.6 Å². The number of hydrogen-bond donors (Lipinski definition) is 0. The Bertz CT molecular complexity index is 1150. The second-order valence-corrected chi connectivity index (χ2v) is 11.4. The standard InChI is InChI=1S/C24H26F2INO4S/c1-4-32-22(29)24(25,26)15-23(3)16-28(33(30,31)19-12-10-17(2)11-13-19)14-20(23)21(27)18-8-6-5-7-9-18/h5-13H,4,14-16H2,1-3H3/b21-20+. The van der Waals surface area contributed by atoms with Crippen LogP contribution in [0, 0.1) is 12.3 Å². The summed E-state index contributed by atoms with van der Waals surface area (Å²) in [5.41, 5.74) is 0.983. The number of hydrogen-bond acceptors (Lipinski definition) is 4. The van der Waals surface area contributed by atoms with Gasteiger partial charge >= 0.3 is 11.9 Å². The normalized spacial score (nSPS) is 21.2. The molecule has 3 rings (SSSR count). The van der Waals surface area contributed by atoms with Crippen molar-refractivity contribution >= 4 is 42.2 Å². The SMILES string of the molecule is CCOC(=O)C(F)(F)CC1(C)CN(S(=O)(=O)c2ccc(C)cc2)C/C1=C(\I)c1ccccc1. The predicted molar refractivity (Wildman–Crippen MR) is 132 cm³/mol. The van der Waals surface area contributed by atoms with Crippen LogP contribution in [-0.2, 0) is 19.6 Å². The number of alkyl halides is 2. The molecule has 2 aromatic rings. The van der Waals surface area contributed by atoms with Crippen LogP contribution in [-0.4, -0.2) is 44.3 Å². The highest BCUT2D eigenvalue weighted by molar-refractivity contribution is 14.1. The molecule has 0 saturated carbocycles. The number of aryl methyl sites for hydroxylation is 1. The minimum Gasteiger partial charge on any atom is -0.462 e. The molecule has 178 valence electrons. The van der Waals surface area contributed by atoms with Crippen molar-refractivity contribution in [3.63, 3.8) is 0 Å². The summed E-state index contributed by atoms with van der Waals surface area (Å²) >= 11 is 2.07. The van der Waals surface area contributed by atoms with Crippen LogP contribution in [0.4, 0.5) is 8.78 Å². The third-order valence-electron chi connectivity index (χ3n) is 5.73. The summed E-state index contributed by atoms with van der Waals surface area (Å²) in [6.07, 6.45) is -0.854. The molecule has 0 N–H and O–H groups in total. The molecule has 5 nitrogen and oxygen atoms in total. The Balaban J connectivity index is 2.07. The molecule has 0 aromatic heterocycles. The van der Waals surface area contributed by atoms with Crippen molar-refractivity contribution in [1.29, 1.82) is 0 Å². The summed E-state index contributed by atoms with van der Waals surface area (Å²) in [6, 6.07) is 15.6. The van der Waals surface area contributed by atoms with Gasteiger partial charge in [0.1, 0.15) is 0 Å². The molecule has 1 saturated heterocycles. The molecule has 1 aliphatic heterocycles. The molecule has 0 spiro atoms. The Morgan fingerprint density at radius 3 is 2.33 bits per heavy atom. The van der Waals surface area contributed by atoms with Crippen molar-refractivity contribution < 1.29 is 26.7 Å². The molecule has 1 heterocycles. The van der Waals surface area contributed by atoms with Crippen LogP contribution in [0.25, 0.3) is 3.58 Å². The average molecular weight is 589 g/mol. The van der Waals surface area contributed by atoms with Gasteiger partial charge in [0.05, 0.1) is 11.5 Å². The van der Waals surface area contributed by atoms with Crippen LogP contribution in [0.5, 0.6) is 0 Å². The van der Waals surface area contributed by atoms with E-state index in [2.05, 4.69) is 27.3 Å². The van der Waals surface area contributed by atoms with Gasteiger partial charge in [-0.3, -0.25) is 0 Å². The Kier molecular flexibility index (Phi) is 7.65. The predicted octanol–water partition coefficient (Wildman–Crippen LogP) is 5.44. The third kappa shape index (κ3) is 5.46. The fraction of sp³-hybridized carbons (Fsp3) is 0.375. The summed E-state index contributed by atoms with van der Waals surface area (Å²) < 4.78 is 62.9. The monoisotopic (exact) mass is 589 g/mol. The number of halogens is 3. The third-order valence-corrected chi connectivity index (χ3v) is 8.81. The molecule has 2 aromatic carbocycles. The lowest BCUT2D eigenvalue weighted by molar-refractivity contribution is -0.175. The van der Waals surface area contributed by atoms with Gasteiger partial charge in [-0.1, -0.05) is 55.0 Å². The second kappa shape index (κ2) is 9.79. The molecule has 0 aliphatic carbocycles. The molecular weight excluding hydrogens is 563 g/mol. The van der Waals surface area contributed by atoms with E-state index in [1.54, 1.807) is 19.1 Å². The van der Waals surface area contributed by atoms with Crippen LogP contribution < -0.4 is 0 Å². The highest BCUT2D eigenvalue weighted by Crippen LogP contribution is 2.49. The lowest BCUT2D eigenvalue weighted by Gasteiger charge is -2.30. The van der Waals surface area contributed by atoms with Crippen LogP contribution in [0.15, 0.2) is 65.1 Å². The van der Waals surface area contributed by atoms with Crippen molar-refractivity contribution in [3.8, 4) is 0 Å². The first kappa shape index (κ1) is 25.8. The van der Waals surface area contributed by atoms with E-state index in [0.29, 0.717) is 9.15 Å². The highest BCUT2D eigenvalue weighted by Gasteiger charge is 2.53. The fourth-order valence-corrected chi connectivity index (χ4v) is 6.70. The summed E-state index contributed by atoms with van der Waals surface area (Å²) in [7, 11) is -3.93. The van der Waals surface area contributed by atoms with Gasteiger partial charge < -0.3 is 4.74 Å². The van der Waals surface area contributed by atoms with Gasteiger partial charge in [-0.2, -0.15) is 13.1 Å². The summed E-state index contributed by atoms with van der Waals surface area (Å²) in [4.78, 5) is 12.1.